The molecule has 1 rings (SSSR count). The number of anilines is 1. The van der Waals surface area contributed by atoms with E-state index in [1.807, 2.05) is 12.1 Å². The standard InChI is InChI=1S/C14H21N3O3/c1-14(2,3)20-13(19)17(12(16)18)9-8-10-4-6-11(15)7-5-10/h4-7H,8-9,15H2,1-3H3,(H2,16,18). The van der Waals surface area contributed by atoms with E-state index in [2.05, 4.69) is 0 Å². The molecule has 0 bridgehead atoms. The van der Waals surface area contributed by atoms with Crippen molar-refractivity contribution in [2.24, 2.45) is 5.73 Å². The van der Waals surface area contributed by atoms with E-state index in [1.54, 1.807) is 32.9 Å². The van der Waals surface area contributed by atoms with Crippen LogP contribution < -0.4 is 11.5 Å². The zero-order valence-corrected chi connectivity index (χ0v) is 12.1. The summed E-state index contributed by atoms with van der Waals surface area (Å²) in [5.74, 6) is 0. The maximum Gasteiger partial charge on any atom is 0.418 e. The normalized spacial score (nSPS) is 10.9. The number of urea groups is 1. The minimum absolute atomic E-state index is 0.161. The van der Waals surface area contributed by atoms with E-state index in [9.17, 15) is 9.59 Å². The predicted molar refractivity (Wildman–Crippen MR) is 77.1 cm³/mol. The van der Waals surface area contributed by atoms with Crippen molar-refractivity contribution in [2.45, 2.75) is 32.8 Å². The first-order valence-corrected chi connectivity index (χ1v) is 6.33. The van der Waals surface area contributed by atoms with Gasteiger partial charge in [-0.15, -0.1) is 0 Å². The first-order valence-electron chi connectivity index (χ1n) is 6.33. The summed E-state index contributed by atoms with van der Waals surface area (Å²) in [7, 11) is 0. The Morgan fingerprint density at radius 2 is 1.75 bits per heavy atom. The van der Waals surface area contributed by atoms with Crippen molar-refractivity contribution in [1.82, 2.24) is 4.90 Å². The largest absolute Gasteiger partial charge is 0.443 e. The van der Waals surface area contributed by atoms with Crippen LogP contribution >= 0.6 is 0 Å². The van der Waals surface area contributed by atoms with Crippen molar-refractivity contribution < 1.29 is 14.3 Å². The molecule has 6 heteroatoms. The molecule has 0 atom stereocenters. The van der Waals surface area contributed by atoms with Crippen LogP contribution in [0.4, 0.5) is 15.3 Å². The first-order chi connectivity index (χ1) is 9.19. The Morgan fingerprint density at radius 1 is 1.20 bits per heavy atom. The quantitative estimate of drug-likeness (QED) is 0.828. The third kappa shape index (κ3) is 5.17. The maximum atomic E-state index is 11.9. The van der Waals surface area contributed by atoms with Crippen LogP contribution in [-0.4, -0.2) is 29.2 Å². The SMILES string of the molecule is CC(C)(C)OC(=O)N(CCc1ccc(N)cc1)C(N)=O. The molecule has 3 amide bonds. The monoisotopic (exact) mass is 279 g/mol. The predicted octanol–water partition coefficient (Wildman–Crippen LogP) is 2.13. The van der Waals surface area contributed by atoms with E-state index < -0.39 is 17.7 Å². The summed E-state index contributed by atoms with van der Waals surface area (Å²) in [6.45, 7) is 5.34. The average molecular weight is 279 g/mol. The van der Waals surface area contributed by atoms with Gasteiger partial charge < -0.3 is 16.2 Å². The van der Waals surface area contributed by atoms with Crippen molar-refractivity contribution in [3.63, 3.8) is 0 Å². The van der Waals surface area contributed by atoms with Crippen molar-refractivity contribution >= 4 is 17.8 Å². The van der Waals surface area contributed by atoms with Gasteiger partial charge in [-0.3, -0.25) is 0 Å². The average Bonchev–Trinajstić information content (AvgIpc) is 2.29. The Bertz CT molecular complexity index is 477. The van der Waals surface area contributed by atoms with Gasteiger partial charge in [-0.05, 0) is 44.9 Å². The fraction of sp³-hybridized carbons (Fsp3) is 0.429. The molecule has 0 aliphatic heterocycles. The smallest absolute Gasteiger partial charge is 0.418 e. The third-order valence-corrected chi connectivity index (χ3v) is 2.48. The molecular formula is C14H21N3O3. The number of ether oxygens (including phenoxy) is 1. The van der Waals surface area contributed by atoms with E-state index in [-0.39, 0.29) is 6.54 Å². The Morgan fingerprint density at radius 3 is 2.20 bits per heavy atom. The number of benzene rings is 1. The van der Waals surface area contributed by atoms with Crippen LogP contribution in [0.15, 0.2) is 24.3 Å². The van der Waals surface area contributed by atoms with Crippen molar-refractivity contribution in [1.29, 1.82) is 0 Å². The third-order valence-electron chi connectivity index (χ3n) is 2.48. The molecule has 1 aromatic rings. The molecule has 0 fully saturated rings. The Labute approximate surface area is 118 Å². The molecular weight excluding hydrogens is 258 g/mol. The molecule has 0 radical (unpaired) electrons. The van der Waals surface area contributed by atoms with E-state index >= 15 is 0 Å². The summed E-state index contributed by atoms with van der Waals surface area (Å²) >= 11 is 0. The van der Waals surface area contributed by atoms with E-state index in [1.165, 1.54) is 0 Å². The second-order valence-electron chi connectivity index (χ2n) is 5.46. The Balaban J connectivity index is 2.66. The van der Waals surface area contributed by atoms with Gasteiger partial charge in [-0.1, -0.05) is 12.1 Å². The van der Waals surface area contributed by atoms with Gasteiger partial charge in [0.15, 0.2) is 0 Å². The molecule has 0 aromatic heterocycles. The van der Waals surface area contributed by atoms with E-state index in [0.717, 1.165) is 10.5 Å². The molecule has 0 heterocycles. The summed E-state index contributed by atoms with van der Waals surface area (Å²) in [4.78, 5) is 24.1. The van der Waals surface area contributed by atoms with E-state index in [4.69, 9.17) is 16.2 Å². The molecule has 6 nitrogen and oxygen atoms in total. The number of amides is 3. The number of hydrogen-bond acceptors (Lipinski definition) is 4. The summed E-state index contributed by atoms with van der Waals surface area (Å²) < 4.78 is 5.13. The topological polar surface area (TPSA) is 98.7 Å². The van der Waals surface area contributed by atoms with Crippen LogP contribution in [0.2, 0.25) is 0 Å². The number of imide groups is 1. The number of nitrogens with two attached hydrogens (primary N) is 2. The van der Waals surface area contributed by atoms with Crippen molar-refractivity contribution in [3.8, 4) is 0 Å². The van der Waals surface area contributed by atoms with Gasteiger partial charge in [-0.25, -0.2) is 14.5 Å². The number of carbonyl (C=O) groups is 2. The van der Waals surface area contributed by atoms with Crippen LogP contribution in [0, 0.1) is 0 Å². The zero-order valence-electron chi connectivity index (χ0n) is 12.1. The lowest BCUT2D eigenvalue weighted by molar-refractivity contribution is 0.0330. The van der Waals surface area contributed by atoms with Crippen LogP contribution in [0.1, 0.15) is 26.3 Å². The highest BCUT2D eigenvalue weighted by Gasteiger charge is 2.25. The second-order valence-corrected chi connectivity index (χ2v) is 5.46. The van der Waals surface area contributed by atoms with Crippen molar-refractivity contribution in [2.75, 3.05) is 12.3 Å². The highest BCUT2D eigenvalue weighted by molar-refractivity contribution is 5.90. The fourth-order valence-electron chi connectivity index (χ4n) is 1.53. The number of nitrogens with zero attached hydrogens (tertiary/aromatic N) is 1. The highest BCUT2D eigenvalue weighted by atomic mass is 16.6. The zero-order chi connectivity index (χ0) is 15.3. The van der Waals surface area contributed by atoms with Crippen LogP contribution in [0.5, 0.6) is 0 Å². The lowest BCUT2D eigenvalue weighted by Gasteiger charge is -2.25. The van der Waals surface area contributed by atoms with Crippen molar-refractivity contribution in [3.05, 3.63) is 29.8 Å². The minimum atomic E-state index is -0.824. The minimum Gasteiger partial charge on any atom is -0.443 e. The molecule has 0 aliphatic rings. The Kier molecular flexibility index (Phi) is 4.96. The molecule has 0 unspecified atom stereocenters. The summed E-state index contributed by atoms with van der Waals surface area (Å²) in [6, 6.07) is 6.37. The van der Waals surface area contributed by atoms with Gasteiger partial charge in [0.1, 0.15) is 5.60 Å². The second kappa shape index (κ2) is 6.27. The van der Waals surface area contributed by atoms with Crippen LogP contribution in [0.3, 0.4) is 0 Å². The Hall–Kier alpha value is -2.24. The van der Waals surface area contributed by atoms with Gasteiger partial charge in [-0.2, -0.15) is 0 Å². The van der Waals surface area contributed by atoms with Crippen LogP contribution in [0.25, 0.3) is 0 Å². The van der Waals surface area contributed by atoms with Gasteiger partial charge in [0, 0.05) is 12.2 Å². The summed E-state index contributed by atoms with van der Waals surface area (Å²) in [6.07, 6.45) is -0.247. The van der Waals surface area contributed by atoms with Crippen LogP contribution in [-0.2, 0) is 11.2 Å². The van der Waals surface area contributed by atoms with Gasteiger partial charge >= 0.3 is 12.1 Å². The molecule has 4 N–H and O–H groups in total. The lowest BCUT2D eigenvalue weighted by atomic mass is 10.1. The van der Waals surface area contributed by atoms with Gasteiger partial charge in [0.05, 0.1) is 0 Å². The fourth-order valence-corrected chi connectivity index (χ4v) is 1.53. The summed E-state index contributed by atoms with van der Waals surface area (Å²) in [5.41, 5.74) is 11.7. The first kappa shape index (κ1) is 15.8. The summed E-state index contributed by atoms with van der Waals surface area (Å²) in [5, 5.41) is 0. The highest BCUT2D eigenvalue weighted by Crippen LogP contribution is 2.11. The molecule has 20 heavy (non-hydrogen) atoms. The van der Waals surface area contributed by atoms with Gasteiger partial charge in [0.25, 0.3) is 0 Å². The molecule has 0 saturated heterocycles. The van der Waals surface area contributed by atoms with E-state index in [0.29, 0.717) is 12.1 Å². The maximum absolute atomic E-state index is 11.9. The lowest BCUT2D eigenvalue weighted by Crippen LogP contribution is -2.44. The molecule has 0 aliphatic carbocycles. The number of carbonyl (C=O) groups excluding carboxylic acids is 2. The number of hydrogen-bond donors (Lipinski definition) is 2. The molecule has 110 valence electrons. The number of rotatable bonds is 3. The molecule has 0 spiro atoms. The number of primary amides is 1. The number of nitrogen functional groups attached to an aromatic ring is 1. The molecule has 0 saturated carbocycles. The molecule has 1 aromatic carbocycles. The van der Waals surface area contributed by atoms with Gasteiger partial charge in [0.2, 0.25) is 0 Å².